The van der Waals surface area contributed by atoms with Crippen molar-refractivity contribution in [2.75, 3.05) is 11.4 Å². The number of fused-ring (bicyclic) bond motifs is 1. The highest BCUT2D eigenvalue weighted by Gasteiger charge is 2.27. The maximum absolute atomic E-state index is 11.8. The van der Waals surface area contributed by atoms with E-state index >= 15 is 0 Å². The van der Waals surface area contributed by atoms with Gasteiger partial charge in [0.1, 0.15) is 5.52 Å². The number of aromatic nitrogens is 3. The second-order valence-electron chi connectivity index (χ2n) is 4.10. The number of rotatable bonds is 1. The third kappa shape index (κ3) is 2.47. The van der Waals surface area contributed by atoms with Crippen molar-refractivity contribution < 1.29 is 9.59 Å². The van der Waals surface area contributed by atoms with E-state index in [2.05, 4.69) is 20.3 Å². The minimum absolute atomic E-state index is 0.260. The Kier molecular flexibility index (Phi) is 3.97. The fourth-order valence-electron chi connectivity index (χ4n) is 1.97. The van der Waals surface area contributed by atoms with Crippen LogP contribution in [0.5, 0.6) is 0 Å². The van der Waals surface area contributed by atoms with Crippen LogP contribution in [0.3, 0.4) is 0 Å². The summed E-state index contributed by atoms with van der Waals surface area (Å²) in [5.41, 5.74) is 2.03. The van der Waals surface area contributed by atoms with Gasteiger partial charge in [-0.15, -0.1) is 0 Å². The van der Waals surface area contributed by atoms with Crippen LogP contribution in [0, 0.1) is 6.92 Å². The minimum Gasteiger partial charge on any atom is -0.345 e. The molecular formula is C13H17N5O2. The number of nitrogens with zero attached hydrogens (tertiary/aromatic N) is 3. The van der Waals surface area contributed by atoms with Gasteiger partial charge in [0.2, 0.25) is 5.91 Å². The molecule has 1 aliphatic heterocycles. The molecule has 7 heteroatoms. The van der Waals surface area contributed by atoms with Crippen molar-refractivity contribution in [3.05, 3.63) is 18.0 Å². The summed E-state index contributed by atoms with van der Waals surface area (Å²) in [6.45, 7) is 6.11. The molecule has 20 heavy (non-hydrogen) atoms. The highest BCUT2D eigenvalue weighted by Crippen LogP contribution is 2.20. The summed E-state index contributed by atoms with van der Waals surface area (Å²) in [5, 5.41) is 2.27. The number of urea groups is 1. The van der Waals surface area contributed by atoms with E-state index in [9.17, 15) is 9.59 Å². The molecule has 0 aromatic carbocycles. The maximum atomic E-state index is 11.8. The molecule has 0 atom stereocenters. The molecule has 3 heterocycles. The Bertz CT molecular complexity index is 649. The number of carbonyl (C=O) groups is 2. The molecule has 7 nitrogen and oxygen atoms in total. The van der Waals surface area contributed by atoms with Crippen molar-refractivity contribution in [3.8, 4) is 0 Å². The largest absolute Gasteiger partial charge is 0.345 e. The summed E-state index contributed by atoms with van der Waals surface area (Å²) >= 11 is 0. The van der Waals surface area contributed by atoms with Gasteiger partial charge in [-0.3, -0.25) is 15.0 Å². The first-order valence-corrected chi connectivity index (χ1v) is 6.58. The number of H-pyrrole nitrogens is 1. The Hall–Kier alpha value is -2.44. The average molecular weight is 275 g/mol. The van der Waals surface area contributed by atoms with E-state index in [0.29, 0.717) is 29.2 Å². The molecule has 1 fully saturated rings. The number of hydrogen-bond donors (Lipinski definition) is 2. The first kappa shape index (κ1) is 14.0. The molecule has 106 valence electrons. The number of aryl methyl sites for hydroxylation is 1. The number of anilines is 1. The summed E-state index contributed by atoms with van der Waals surface area (Å²) in [5.74, 6) is 0.233. The van der Waals surface area contributed by atoms with E-state index < -0.39 is 6.03 Å². The van der Waals surface area contributed by atoms with Crippen LogP contribution in [0.2, 0.25) is 0 Å². The molecule has 0 bridgehead atoms. The zero-order valence-electron chi connectivity index (χ0n) is 11.7. The molecule has 0 saturated carbocycles. The van der Waals surface area contributed by atoms with Crippen molar-refractivity contribution in [1.82, 2.24) is 20.3 Å². The zero-order chi connectivity index (χ0) is 14.7. The second kappa shape index (κ2) is 5.68. The zero-order valence-corrected chi connectivity index (χ0v) is 11.7. The number of nitrogens with one attached hydrogen (secondary N) is 2. The smallest absolute Gasteiger partial charge is 0.329 e. The van der Waals surface area contributed by atoms with E-state index in [1.54, 1.807) is 19.2 Å². The van der Waals surface area contributed by atoms with Gasteiger partial charge in [0.15, 0.2) is 11.5 Å². The number of carbonyl (C=O) groups excluding carboxylic acids is 2. The minimum atomic E-state index is -0.446. The van der Waals surface area contributed by atoms with Crippen LogP contribution in [0.25, 0.3) is 11.2 Å². The molecule has 1 saturated heterocycles. The van der Waals surface area contributed by atoms with Crippen LogP contribution in [-0.2, 0) is 4.79 Å². The predicted octanol–water partition coefficient (Wildman–Crippen LogP) is 1.74. The SMILES string of the molecule is CC.Cc1nc2[nH]ccc2nc1N1CCC(=O)NC1=O. The molecule has 0 aliphatic carbocycles. The molecule has 3 rings (SSSR count). The van der Waals surface area contributed by atoms with Gasteiger partial charge in [0, 0.05) is 19.2 Å². The van der Waals surface area contributed by atoms with Crippen molar-refractivity contribution >= 4 is 28.9 Å². The Morgan fingerprint density at radius 2 is 2.00 bits per heavy atom. The summed E-state index contributed by atoms with van der Waals surface area (Å²) in [7, 11) is 0. The highest BCUT2D eigenvalue weighted by atomic mass is 16.2. The lowest BCUT2D eigenvalue weighted by Gasteiger charge is -2.26. The van der Waals surface area contributed by atoms with Gasteiger partial charge in [0.05, 0.1) is 5.69 Å². The summed E-state index contributed by atoms with van der Waals surface area (Å²) in [6, 6.07) is 1.34. The lowest BCUT2D eigenvalue weighted by Crippen LogP contribution is -2.50. The fraction of sp³-hybridized carbons (Fsp3) is 0.385. The van der Waals surface area contributed by atoms with Crippen LogP contribution in [0.15, 0.2) is 12.3 Å². The lowest BCUT2D eigenvalue weighted by molar-refractivity contribution is -0.120. The quantitative estimate of drug-likeness (QED) is 0.829. The molecule has 2 aromatic rings. The van der Waals surface area contributed by atoms with Crippen molar-refractivity contribution in [2.45, 2.75) is 27.2 Å². The fourth-order valence-corrected chi connectivity index (χ4v) is 1.97. The van der Waals surface area contributed by atoms with Gasteiger partial charge in [-0.05, 0) is 13.0 Å². The molecular weight excluding hydrogens is 258 g/mol. The van der Waals surface area contributed by atoms with E-state index in [0.717, 1.165) is 0 Å². The van der Waals surface area contributed by atoms with E-state index in [-0.39, 0.29) is 12.3 Å². The van der Waals surface area contributed by atoms with Crippen molar-refractivity contribution in [3.63, 3.8) is 0 Å². The molecule has 1 aliphatic rings. The number of imide groups is 1. The predicted molar refractivity (Wildman–Crippen MR) is 75.5 cm³/mol. The average Bonchev–Trinajstić information content (AvgIpc) is 2.87. The van der Waals surface area contributed by atoms with Gasteiger partial charge < -0.3 is 4.98 Å². The highest BCUT2D eigenvalue weighted by molar-refractivity contribution is 6.05. The van der Waals surface area contributed by atoms with E-state index in [4.69, 9.17) is 0 Å². The van der Waals surface area contributed by atoms with Crippen LogP contribution in [0.4, 0.5) is 10.6 Å². The third-order valence-electron chi connectivity index (χ3n) is 2.84. The standard InChI is InChI=1S/C11H11N5O2.C2H6/c1-6-10(14-7-2-4-12-9(7)13-6)16-5-3-8(17)15-11(16)18;1-2/h2,4H,3,5H2,1H3,(H,12,13)(H,15,17,18);1-2H3. The summed E-state index contributed by atoms with van der Waals surface area (Å²) in [4.78, 5) is 36.0. The Balaban J connectivity index is 0.000000704. The molecule has 0 unspecified atom stereocenters. The Morgan fingerprint density at radius 3 is 2.70 bits per heavy atom. The molecule has 0 spiro atoms. The lowest BCUT2D eigenvalue weighted by atomic mass is 10.3. The first-order valence-electron chi connectivity index (χ1n) is 6.58. The Labute approximate surface area is 116 Å². The monoisotopic (exact) mass is 275 g/mol. The maximum Gasteiger partial charge on any atom is 0.329 e. The van der Waals surface area contributed by atoms with E-state index in [1.807, 2.05) is 13.8 Å². The normalized spacial score (nSPS) is 14.8. The molecule has 2 aromatic heterocycles. The Morgan fingerprint density at radius 1 is 1.25 bits per heavy atom. The topological polar surface area (TPSA) is 91.0 Å². The van der Waals surface area contributed by atoms with Gasteiger partial charge in [-0.25, -0.2) is 14.8 Å². The van der Waals surface area contributed by atoms with Gasteiger partial charge in [0.25, 0.3) is 0 Å². The first-order chi connectivity index (χ1) is 9.65. The van der Waals surface area contributed by atoms with Crippen molar-refractivity contribution in [2.24, 2.45) is 0 Å². The van der Waals surface area contributed by atoms with Crippen LogP contribution in [-0.4, -0.2) is 33.4 Å². The number of amides is 3. The number of aromatic amines is 1. The van der Waals surface area contributed by atoms with Crippen LogP contribution in [0.1, 0.15) is 26.0 Å². The number of hydrogen-bond acceptors (Lipinski definition) is 4. The molecule has 0 radical (unpaired) electrons. The summed E-state index contributed by atoms with van der Waals surface area (Å²) < 4.78 is 0. The van der Waals surface area contributed by atoms with Crippen LogP contribution >= 0.6 is 0 Å². The van der Waals surface area contributed by atoms with Crippen LogP contribution < -0.4 is 10.2 Å². The van der Waals surface area contributed by atoms with Gasteiger partial charge >= 0.3 is 6.03 Å². The van der Waals surface area contributed by atoms with Gasteiger partial charge in [-0.2, -0.15) is 0 Å². The third-order valence-corrected chi connectivity index (χ3v) is 2.84. The van der Waals surface area contributed by atoms with E-state index in [1.165, 1.54) is 4.90 Å². The molecule has 2 N–H and O–H groups in total. The summed E-state index contributed by atoms with van der Waals surface area (Å²) in [6.07, 6.45) is 2.02. The van der Waals surface area contributed by atoms with Gasteiger partial charge in [-0.1, -0.05) is 13.8 Å². The molecule has 3 amide bonds. The second-order valence-corrected chi connectivity index (χ2v) is 4.10. The van der Waals surface area contributed by atoms with Crippen molar-refractivity contribution in [1.29, 1.82) is 0 Å².